The van der Waals surface area contributed by atoms with E-state index in [4.69, 9.17) is 14.2 Å². The standard InChI is InChI=1S/C73H130O6/c1-4-7-10-13-16-19-22-25-28-31-33-35-36-38-39-42-45-48-51-54-57-60-63-66-72(75)78-69-70(68-77-71(74)65-62-59-56-53-50-47-44-41-30-27-24-21-18-15-12-9-6-3)79-73(76)67-64-61-58-55-52-49-46-43-40-37-34-32-29-26-23-20-17-14-11-8-5-2/h9,12,18,21-22,25,27,30-31,33,36,38,70H,4-8,10-11,13-17,19-20,23-24,26,28-29,32,34-35,37,39-69H2,1-3H3/b12-9-,21-18-,25-22-,30-27-,33-31-,38-36-. The summed E-state index contributed by atoms with van der Waals surface area (Å²) < 4.78 is 17.0. The van der Waals surface area contributed by atoms with E-state index in [0.29, 0.717) is 19.3 Å². The lowest BCUT2D eigenvalue weighted by atomic mass is 10.0. The summed E-state index contributed by atoms with van der Waals surface area (Å²) in [4.78, 5) is 38.4. The molecular formula is C73H130O6. The number of ether oxygens (including phenoxy) is 3. The maximum Gasteiger partial charge on any atom is 0.306 e. The van der Waals surface area contributed by atoms with Crippen LogP contribution in [0.2, 0.25) is 0 Å². The fraction of sp³-hybridized carbons (Fsp3) is 0.795. The van der Waals surface area contributed by atoms with Gasteiger partial charge >= 0.3 is 17.9 Å². The van der Waals surface area contributed by atoms with Crippen LogP contribution in [0.3, 0.4) is 0 Å². The fourth-order valence-electron chi connectivity index (χ4n) is 10.1. The summed E-state index contributed by atoms with van der Waals surface area (Å²) in [7, 11) is 0. The van der Waals surface area contributed by atoms with Gasteiger partial charge in [0.15, 0.2) is 6.10 Å². The summed E-state index contributed by atoms with van der Waals surface area (Å²) in [6, 6.07) is 0. The predicted molar refractivity (Wildman–Crippen MR) is 344 cm³/mol. The van der Waals surface area contributed by atoms with Crippen LogP contribution in [0, 0.1) is 0 Å². The molecule has 0 bridgehead atoms. The Labute approximate surface area is 491 Å². The molecule has 6 nitrogen and oxygen atoms in total. The highest BCUT2D eigenvalue weighted by atomic mass is 16.6. The SMILES string of the molecule is CC/C=C\C/C=C\C/C=C\CCCCCCCCCC(=O)OCC(COC(=O)CCCCCCCCCC/C=C\C/C=C\C/C=C\CCCCCCC)OC(=O)CCCCCCCCCCCCCCCCCCCCCCC. The van der Waals surface area contributed by atoms with Crippen molar-refractivity contribution >= 4 is 17.9 Å². The first-order chi connectivity index (χ1) is 39.0. The second kappa shape index (κ2) is 67.4. The predicted octanol–water partition coefficient (Wildman–Crippen LogP) is 23.7. The van der Waals surface area contributed by atoms with Gasteiger partial charge in [-0.25, -0.2) is 0 Å². The molecule has 0 aromatic rings. The van der Waals surface area contributed by atoms with Gasteiger partial charge in [-0.2, -0.15) is 0 Å². The average molecular weight is 1100 g/mol. The molecule has 6 heteroatoms. The average Bonchev–Trinajstić information content (AvgIpc) is 3.45. The summed E-state index contributed by atoms with van der Waals surface area (Å²) in [5, 5.41) is 0. The lowest BCUT2D eigenvalue weighted by molar-refractivity contribution is -0.167. The lowest BCUT2D eigenvalue weighted by Crippen LogP contribution is -2.30. The molecule has 0 aliphatic heterocycles. The summed E-state index contributed by atoms with van der Waals surface area (Å²) in [5.41, 5.74) is 0. The van der Waals surface area contributed by atoms with Gasteiger partial charge in [-0.1, -0.05) is 318 Å². The van der Waals surface area contributed by atoms with Crippen LogP contribution in [0.4, 0.5) is 0 Å². The van der Waals surface area contributed by atoms with E-state index in [-0.39, 0.29) is 31.1 Å². The molecule has 0 radical (unpaired) electrons. The van der Waals surface area contributed by atoms with Crippen LogP contribution in [-0.4, -0.2) is 37.2 Å². The largest absolute Gasteiger partial charge is 0.462 e. The third-order valence-corrected chi connectivity index (χ3v) is 15.2. The molecule has 0 aromatic carbocycles. The van der Waals surface area contributed by atoms with Gasteiger partial charge in [0.2, 0.25) is 0 Å². The van der Waals surface area contributed by atoms with Crippen LogP contribution in [0.15, 0.2) is 72.9 Å². The van der Waals surface area contributed by atoms with Gasteiger partial charge in [-0.05, 0) is 89.9 Å². The van der Waals surface area contributed by atoms with Crippen molar-refractivity contribution in [3.05, 3.63) is 72.9 Å². The van der Waals surface area contributed by atoms with Crippen molar-refractivity contribution in [3.8, 4) is 0 Å². The van der Waals surface area contributed by atoms with Crippen molar-refractivity contribution in [2.75, 3.05) is 13.2 Å². The quantitative estimate of drug-likeness (QED) is 0.0261. The molecule has 0 N–H and O–H groups in total. The molecule has 0 spiro atoms. The molecule has 0 aromatic heterocycles. The van der Waals surface area contributed by atoms with Gasteiger partial charge in [0.05, 0.1) is 0 Å². The number of carbonyl (C=O) groups is 3. The number of allylic oxidation sites excluding steroid dienone is 12. The molecule has 0 amide bonds. The second-order valence-electron chi connectivity index (χ2n) is 23.1. The molecule has 79 heavy (non-hydrogen) atoms. The third kappa shape index (κ3) is 65.5. The van der Waals surface area contributed by atoms with Crippen LogP contribution < -0.4 is 0 Å². The highest BCUT2D eigenvalue weighted by Crippen LogP contribution is 2.18. The molecule has 0 aliphatic rings. The Balaban J connectivity index is 4.36. The lowest BCUT2D eigenvalue weighted by Gasteiger charge is -2.18. The van der Waals surface area contributed by atoms with E-state index in [1.807, 2.05) is 0 Å². The van der Waals surface area contributed by atoms with Crippen molar-refractivity contribution in [2.45, 2.75) is 361 Å². The van der Waals surface area contributed by atoms with Crippen LogP contribution in [0.5, 0.6) is 0 Å². The van der Waals surface area contributed by atoms with Gasteiger partial charge in [-0.15, -0.1) is 0 Å². The van der Waals surface area contributed by atoms with E-state index in [0.717, 1.165) is 103 Å². The van der Waals surface area contributed by atoms with Crippen LogP contribution in [0.1, 0.15) is 355 Å². The molecule has 458 valence electrons. The van der Waals surface area contributed by atoms with Crippen molar-refractivity contribution in [1.82, 2.24) is 0 Å². The first-order valence-corrected chi connectivity index (χ1v) is 34.4. The Morgan fingerprint density at radius 2 is 0.494 bits per heavy atom. The maximum atomic E-state index is 13.0. The molecule has 0 saturated heterocycles. The molecular weight excluding hydrogens is 973 g/mol. The molecule has 0 aliphatic carbocycles. The number of unbranched alkanes of at least 4 members (excludes halogenated alkanes) is 40. The maximum absolute atomic E-state index is 13.0. The number of rotatable bonds is 63. The minimum absolute atomic E-state index is 0.0796. The highest BCUT2D eigenvalue weighted by Gasteiger charge is 2.19. The number of carbonyl (C=O) groups excluding carboxylic acids is 3. The highest BCUT2D eigenvalue weighted by molar-refractivity contribution is 5.71. The van der Waals surface area contributed by atoms with Gasteiger partial charge in [-0.3, -0.25) is 14.4 Å². The van der Waals surface area contributed by atoms with Crippen molar-refractivity contribution in [1.29, 1.82) is 0 Å². The van der Waals surface area contributed by atoms with Crippen molar-refractivity contribution in [2.24, 2.45) is 0 Å². The number of esters is 3. The van der Waals surface area contributed by atoms with Gasteiger partial charge < -0.3 is 14.2 Å². The van der Waals surface area contributed by atoms with E-state index in [1.54, 1.807) is 0 Å². The Morgan fingerprint density at radius 1 is 0.266 bits per heavy atom. The molecule has 0 saturated carbocycles. The Morgan fingerprint density at radius 3 is 0.772 bits per heavy atom. The first-order valence-electron chi connectivity index (χ1n) is 34.4. The molecule has 0 rings (SSSR count). The van der Waals surface area contributed by atoms with E-state index < -0.39 is 6.10 Å². The fourth-order valence-corrected chi connectivity index (χ4v) is 10.1. The van der Waals surface area contributed by atoms with Gasteiger partial charge in [0, 0.05) is 19.3 Å². The molecule has 1 atom stereocenters. The van der Waals surface area contributed by atoms with E-state index in [9.17, 15) is 14.4 Å². The van der Waals surface area contributed by atoms with Crippen LogP contribution >= 0.6 is 0 Å². The Bertz CT molecular complexity index is 1450. The summed E-state index contributed by atoms with van der Waals surface area (Å²) in [6.45, 7) is 6.56. The monoisotopic (exact) mass is 1100 g/mol. The topological polar surface area (TPSA) is 78.9 Å². The molecule has 0 fully saturated rings. The van der Waals surface area contributed by atoms with E-state index in [2.05, 4.69) is 93.7 Å². The minimum atomic E-state index is -0.783. The van der Waals surface area contributed by atoms with E-state index >= 15 is 0 Å². The summed E-state index contributed by atoms with van der Waals surface area (Å²) >= 11 is 0. The third-order valence-electron chi connectivity index (χ3n) is 15.2. The van der Waals surface area contributed by atoms with Crippen molar-refractivity contribution < 1.29 is 28.6 Å². The Kier molecular flexibility index (Phi) is 64.7. The summed E-state index contributed by atoms with van der Waals surface area (Å²) in [5.74, 6) is -0.875. The minimum Gasteiger partial charge on any atom is -0.462 e. The second-order valence-corrected chi connectivity index (χ2v) is 23.1. The zero-order valence-electron chi connectivity index (χ0n) is 52.6. The van der Waals surface area contributed by atoms with E-state index in [1.165, 1.54) is 212 Å². The Hall–Kier alpha value is -3.15. The smallest absolute Gasteiger partial charge is 0.306 e. The van der Waals surface area contributed by atoms with Crippen LogP contribution in [0.25, 0.3) is 0 Å². The van der Waals surface area contributed by atoms with Gasteiger partial charge in [0.1, 0.15) is 13.2 Å². The summed E-state index contributed by atoms with van der Waals surface area (Å²) in [6.07, 6.45) is 87.7. The first kappa shape index (κ1) is 75.8. The molecule has 1 unspecified atom stereocenters. The van der Waals surface area contributed by atoms with Crippen LogP contribution in [-0.2, 0) is 28.6 Å². The number of hydrogen-bond acceptors (Lipinski definition) is 6. The zero-order chi connectivity index (χ0) is 57.1. The van der Waals surface area contributed by atoms with Crippen molar-refractivity contribution in [3.63, 3.8) is 0 Å². The molecule has 0 heterocycles. The normalized spacial score (nSPS) is 12.5. The van der Waals surface area contributed by atoms with Gasteiger partial charge in [0.25, 0.3) is 0 Å². The zero-order valence-corrected chi connectivity index (χ0v) is 52.6. The number of hydrogen-bond donors (Lipinski definition) is 0.